The van der Waals surface area contributed by atoms with E-state index in [0.29, 0.717) is 5.82 Å². The number of hydrogen-bond acceptors (Lipinski definition) is 3. The van der Waals surface area contributed by atoms with Crippen LogP contribution in [0.4, 0.5) is 5.69 Å². The Morgan fingerprint density at radius 2 is 1.29 bits per heavy atom. The molecule has 0 N–H and O–H groups in total. The van der Waals surface area contributed by atoms with Gasteiger partial charge in [0.1, 0.15) is 5.82 Å². The Balaban J connectivity index is 1.76. The van der Waals surface area contributed by atoms with Crippen molar-refractivity contribution in [3.8, 4) is 0 Å². The second kappa shape index (κ2) is 9.65. The van der Waals surface area contributed by atoms with Crippen molar-refractivity contribution in [1.29, 1.82) is 0 Å². The van der Waals surface area contributed by atoms with Crippen LogP contribution in [0.25, 0.3) is 6.08 Å². The van der Waals surface area contributed by atoms with Gasteiger partial charge in [0.05, 0.1) is 10.9 Å². The first kappa shape index (κ1) is 22.7. The van der Waals surface area contributed by atoms with Crippen LogP contribution in [-0.4, -0.2) is 12.7 Å². The summed E-state index contributed by atoms with van der Waals surface area (Å²) in [7, 11) is -3.91. The van der Waals surface area contributed by atoms with Gasteiger partial charge in [0.2, 0.25) is 0 Å². The lowest BCUT2D eigenvalue weighted by Crippen LogP contribution is -2.42. The van der Waals surface area contributed by atoms with Gasteiger partial charge in [-0.05, 0) is 54.5 Å². The number of anilines is 1. The molecule has 35 heavy (non-hydrogen) atoms. The summed E-state index contributed by atoms with van der Waals surface area (Å²) in [5.41, 5.74) is 3.69. The first-order valence-electron chi connectivity index (χ1n) is 11.5. The van der Waals surface area contributed by atoms with Crippen LogP contribution < -0.4 is 4.90 Å². The average Bonchev–Trinajstić information content (AvgIpc) is 2.90. The maximum atomic E-state index is 14.3. The number of rotatable bonds is 5. The molecule has 0 spiro atoms. The Kier molecular flexibility index (Phi) is 6.25. The molecule has 0 saturated heterocycles. The van der Waals surface area contributed by atoms with E-state index in [-0.39, 0.29) is 4.90 Å². The van der Waals surface area contributed by atoms with Gasteiger partial charge in [0.15, 0.2) is 0 Å². The Labute approximate surface area is 207 Å². The molecule has 0 amide bonds. The molecule has 0 aliphatic carbocycles. The van der Waals surface area contributed by atoms with Crippen molar-refractivity contribution in [2.75, 3.05) is 4.90 Å². The van der Waals surface area contributed by atoms with Crippen LogP contribution in [0.5, 0.6) is 0 Å². The third kappa shape index (κ3) is 4.63. The molecule has 1 aliphatic rings. The first-order chi connectivity index (χ1) is 17.0. The molecular formula is C30H26N2O2S. The summed E-state index contributed by atoms with van der Waals surface area (Å²) in [5, 5.41) is 0. The molecule has 0 radical (unpaired) electrons. The molecule has 174 valence electrons. The Bertz CT molecular complexity index is 1450. The molecule has 1 aliphatic heterocycles. The summed E-state index contributed by atoms with van der Waals surface area (Å²) in [6.45, 7) is 1.95. The minimum absolute atomic E-state index is 0.256. The van der Waals surface area contributed by atoms with Crippen LogP contribution in [0, 0.1) is 6.92 Å². The van der Waals surface area contributed by atoms with E-state index in [1.54, 1.807) is 12.1 Å². The van der Waals surface area contributed by atoms with Crippen LogP contribution in [0.2, 0.25) is 0 Å². The molecule has 5 rings (SSSR count). The van der Waals surface area contributed by atoms with Crippen molar-refractivity contribution in [2.24, 2.45) is 0 Å². The zero-order valence-corrected chi connectivity index (χ0v) is 20.2. The quantitative estimate of drug-likeness (QED) is 0.318. The highest BCUT2D eigenvalue weighted by Gasteiger charge is 2.38. The highest BCUT2D eigenvalue weighted by molar-refractivity contribution is 7.89. The number of benzene rings is 4. The largest absolute Gasteiger partial charge is 0.303 e. The molecule has 1 atom stereocenters. The van der Waals surface area contributed by atoms with Crippen LogP contribution in [-0.2, 0) is 10.0 Å². The number of aryl methyl sites for hydroxylation is 1. The summed E-state index contributed by atoms with van der Waals surface area (Å²) in [6, 6.07) is 35.9. The van der Waals surface area contributed by atoms with Gasteiger partial charge in [-0.2, -0.15) is 0 Å². The van der Waals surface area contributed by atoms with E-state index < -0.39 is 16.1 Å². The Morgan fingerprint density at radius 3 is 1.91 bits per heavy atom. The summed E-state index contributed by atoms with van der Waals surface area (Å²) in [6.07, 6.45) is 5.83. The Hall–Kier alpha value is -4.09. The summed E-state index contributed by atoms with van der Waals surface area (Å²) < 4.78 is 30.1. The van der Waals surface area contributed by atoms with E-state index >= 15 is 0 Å². The molecule has 1 unspecified atom stereocenters. The van der Waals surface area contributed by atoms with Crippen molar-refractivity contribution < 1.29 is 8.42 Å². The van der Waals surface area contributed by atoms with Crippen molar-refractivity contribution in [1.82, 2.24) is 4.31 Å². The molecule has 1 heterocycles. The van der Waals surface area contributed by atoms with E-state index in [4.69, 9.17) is 0 Å². The van der Waals surface area contributed by atoms with Crippen molar-refractivity contribution in [3.63, 3.8) is 0 Å². The fourth-order valence-corrected chi connectivity index (χ4v) is 5.79. The van der Waals surface area contributed by atoms with Crippen molar-refractivity contribution in [3.05, 3.63) is 150 Å². The first-order valence-corrected chi connectivity index (χ1v) is 12.9. The highest BCUT2D eigenvalue weighted by atomic mass is 32.2. The monoisotopic (exact) mass is 478 g/mol. The maximum absolute atomic E-state index is 14.3. The lowest BCUT2D eigenvalue weighted by atomic mass is 10.0. The second-order valence-electron chi connectivity index (χ2n) is 8.43. The zero-order valence-electron chi connectivity index (χ0n) is 19.4. The van der Waals surface area contributed by atoms with Crippen molar-refractivity contribution in [2.45, 2.75) is 17.9 Å². The molecule has 4 aromatic carbocycles. The fraction of sp³-hybridized carbons (Fsp3) is 0.0667. The van der Waals surface area contributed by atoms with Gasteiger partial charge in [-0.25, -0.2) is 12.7 Å². The van der Waals surface area contributed by atoms with E-state index in [9.17, 15) is 8.42 Å². The third-order valence-electron chi connectivity index (χ3n) is 5.99. The maximum Gasteiger partial charge on any atom is 0.266 e. The van der Waals surface area contributed by atoms with Gasteiger partial charge in [-0.3, -0.25) is 0 Å². The standard InChI is InChI=1S/C30H26N2O2S/c1-24-17-19-28(20-18-24)35(33,34)32-29(26-13-7-3-8-14-26)21-22-31(27-15-9-4-10-16-27)30(32)23-25-11-5-2-6-12-25/h2-23,29H,1H3/b30-23+. The predicted octanol–water partition coefficient (Wildman–Crippen LogP) is 6.76. The minimum atomic E-state index is -3.91. The van der Waals surface area contributed by atoms with Gasteiger partial charge in [0.25, 0.3) is 10.0 Å². The number of para-hydroxylation sites is 1. The SMILES string of the molecule is Cc1ccc(S(=O)(=O)N2/C(=C/c3ccccc3)N(c3ccccc3)C=CC2c2ccccc2)cc1. The smallest absolute Gasteiger partial charge is 0.266 e. The van der Waals surface area contributed by atoms with Gasteiger partial charge in [0, 0.05) is 11.9 Å². The third-order valence-corrected chi connectivity index (χ3v) is 7.79. The van der Waals surface area contributed by atoms with E-state index in [0.717, 1.165) is 22.4 Å². The number of nitrogens with zero attached hydrogens (tertiary/aromatic N) is 2. The Morgan fingerprint density at radius 1 is 0.714 bits per heavy atom. The van der Waals surface area contributed by atoms with Gasteiger partial charge in [-0.1, -0.05) is 96.6 Å². The normalized spacial score (nSPS) is 17.1. The summed E-state index contributed by atoms with van der Waals surface area (Å²) in [5.74, 6) is 0.555. The summed E-state index contributed by atoms with van der Waals surface area (Å²) in [4.78, 5) is 2.18. The number of hydrogen-bond donors (Lipinski definition) is 0. The average molecular weight is 479 g/mol. The van der Waals surface area contributed by atoms with Gasteiger partial charge < -0.3 is 4.90 Å². The molecule has 0 saturated carbocycles. The highest BCUT2D eigenvalue weighted by Crippen LogP contribution is 2.40. The van der Waals surface area contributed by atoms with Crippen LogP contribution >= 0.6 is 0 Å². The van der Waals surface area contributed by atoms with Crippen LogP contribution in [0.1, 0.15) is 22.7 Å². The van der Waals surface area contributed by atoms with E-state index in [1.165, 1.54) is 4.31 Å². The summed E-state index contributed by atoms with van der Waals surface area (Å²) >= 11 is 0. The molecule has 0 aromatic heterocycles. The second-order valence-corrected chi connectivity index (χ2v) is 10.2. The van der Waals surface area contributed by atoms with Gasteiger partial charge in [-0.15, -0.1) is 0 Å². The molecule has 0 bridgehead atoms. The molecule has 4 aromatic rings. The molecule has 0 fully saturated rings. The number of sulfonamides is 1. The van der Waals surface area contributed by atoms with E-state index in [1.807, 2.05) is 133 Å². The van der Waals surface area contributed by atoms with Crippen LogP contribution in [0.3, 0.4) is 0 Å². The molecule has 5 heteroatoms. The minimum Gasteiger partial charge on any atom is -0.303 e. The van der Waals surface area contributed by atoms with E-state index in [2.05, 4.69) is 0 Å². The lowest BCUT2D eigenvalue weighted by molar-refractivity contribution is 0.419. The topological polar surface area (TPSA) is 40.6 Å². The predicted molar refractivity (Wildman–Crippen MR) is 142 cm³/mol. The molecular weight excluding hydrogens is 452 g/mol. The zero-order chi connectivity index (χ0) is 24.3. The molecule has 4 nitrogen and oxygen atoms in total. The van der Waals surface area contributed by atoms with Gasteiger partial charge >= 0.3 is 0 Å². The van der Waals surface area contributed by atoms with Crippen LogP contribution in [0.15, 0.2) is 138 Å². The van der Waals surface area contributed by atoms with Crippen molar-refractivity contribution >= 4 is 21.8 Å². The fourth-order valence-electron chi connectivity index (χ4n) is 4.20. The lowest BCUT2D eigenvalue weighted by Gasteiger charge is -2.41.